The van der Waals surface area contributed by atoms with Crippen molar-refractivity contribution in [2.24, 2.45) is 4.99 Å². The molecule has 0 atom stereocenters. The van der Waals surface area contributed by atoms with E-state index in [0.29, 0.717) is 0 Å². The van der Waals surface area contributed by atoms with Gasteiger partial charge >= 0.3 is 0 Å². The predicted octanol–water partition coefficient (Wildman–Crippen LogP) is 17.8. The number of nitrogens with zero attached hydrogens (tertiary/aromatic N) is 2. The fraction of sp³-hybridized carbons (Fsp3) is 0.0299. The van der Waals surface area contributed by atoms with Crippen molar-refractivity contribution in [1.82, 2.24) is 9.88 Å². The summed E-state index contributed by atoms with van der Waals surface area (Å²) in [5, 5.41) is 10.6. The summed E-state index contributed by atoms with van der Waals surface area (Å²) in [7, 11) is 0. The molecule has 0 amide bonds. The minimum absolute atomic E-state index is 0.756. The van der Waals surface area contributed by atoms with Gasteiger partial charge in [0.15, 0.2) is 0 Å². The molecule has 1 N–H and O–H groups in total. The second-order valence-electron chi connectivity index (χ2n) is 18.8. The van der Waals surface area contributed by atoms with E-state index in [4.69, 9.17) is 13.8 Å². The minimum Gasteiger partial charge on any atom is -0.456 e. The molecule has 0 bridgehead atoms. The smallest absolute Gasteiger partial charge is 0.138 e. The van der Waals surface area contributed by atoms with Gasteiger partial charge in [-0.05, 0) is 136 Å². The molecule has 340 valence electrons. The molecule has 3 aromatic heterocycles. The maximum absolute atomic E-state index is 6.64. The van der Waals surface area contributed by atoms with Crippen LogP contribution in [0.25, 0.3) is 116 Å². The SMILES string of the molecule is CC1=C(c2cccc(-c3cccc4oc5ccc(-c6ccc7c(c6)c6cc(-c8cccc9oc%10ccccc%10c89)ccc6n7-c6ccccc6)cc5c34)c2)NC(c2ccccc2)=N/C(c2ccccc2)=C/C1. The summed E-state index contributed by atoms with van der Waals surface area (Å²) in [5.41, 5.74) is 20.2. The summed E-state index contributed by atoms with van der Waals surface area (Å²) in [6.07, 6.45) is 3.00. The van der Waals surface area contributed by atoms with Crippen LogP contribution in [0.1, 0.15) is 30.0 Å². The lowest BCUT2D eigenvalue weighted by Crippen LogP contribution is -2.25. The third-order valence-electron chi connectivity index (χ3n) is 14.4. The number of para-hydroxylation sites is 2. The van der Waals surface area contributed by atoms with Crippen LogP contribution in [-0.2, 0) is 0 Å². The predicted molar refractivity (Wildman–Crippen MR) is 299 cm³/mol. The molecule has 0 unspecified atom stereocenters. The Morgan fingerprint density at radius 1 is 0.403 bits per heavy atom. The summed E-state index contributed by atoms with van der Waals surface area (Å²) in [5.74, 6) is 0.810. The number of allylic oxidation sites excluding steroid dienone is 2. The Morgan fingerprint density at radius 3 is 1.64 bits per heavy atom. The Balaban J connectivity index is 0.886. The summed E-state index contributed by atoms with van der Waals surface area (Å²) >= 11 is 0. The molecule has 0 aliphatic carbocycles. The number of aromatic nitrogens is 1. The number of nitrogens with one attached hydrogen (secondary N) is 1. The van der Waals surface area contributed by atoms with Gasteiger partial charge in [-0.1, -0.05) is 164 Å². The van der Waals surface area contributed by atoms with Gasteiger partial charge in [-0.25, -0.2) is 4.99 Å². The molecule has 5 heteroatoms. The molecule has 1 aliphatic rings. The van der Waals surface area contributed by atoms with Gasteiger partial charge in [0, 0.05) is 49.3 Å². The normalized spacial score (nSPS) is 14.0. The Bertz CT molecular complexity index is 4380. The van der Waals surface area contributed by atoms with Crippen molar-refractivity contribution in [3.8, 4) is 39.1 Å². The quantitative estimate of drug-likeness (QED) is 0.173. The van der Waals surface area contributed by atoms with Crippen LogP contribution in [0.5, 0.6) is 0 Å². The molecule has 13 aromatic rings. The van der Waals surface area contributed by atoms with Gasteiger partial charge in [-0.2, -0.15) is 0 Å². The van der Waals surface area contributed by atoms with Crippen molar-refractivity contribution in [2.75, 3.05) is 0 Å². The molecule has 0 radical (unpaired) electrons. The highest BCUT2D eigenvalue weighted by atomic mass is 16.3. The number of hydrogen-bond acceptors (Lipinski definition) is 4. The number of furan rings is 2. The van der Waals surface area contributed by atoms with Crippen LogP contribution in [0.15, 0.2) is 256 Å². The summed E-state index contributed by atoms with van der Waals surface area (Å²) in [4.78, 5) is 5.26. The Hall–Kier alpha value is -9.45. The van der Waals surface area contributed by atoms with E-state index < -0.39 is 0 Å². The number of hydrogen-bond donors (Lipinski definition) is 1. The molecule has 1 aliphatic heterocycles. The Morgan fingerprint density at radius 2 is 0.917 bits per heavy atom. The van der Waals surface area contributed by atoms with E-state index in [1.54, 1.807) is 0 Å². The van der Waals surface area contributed by atoms with Gasteiger partial charge in [0.05, 0.1) is 16.7 Å². The molecule has 0 saturated carbocycles. The Labute approximate surface area is 415 Å². The van der Waals surface area contributed by atoms with Crippen molar-refractivity contribution in [3.05, 3.63) is 259 Å². The number of fused-ring (bicyclic) bond motifs is 9. The number of amidine groups is 1. The van der Waals surface area contributed by atoms with E-state index in [2.05, 4.69) is 229 Å². The first-order chi connectivity index (χ1) is 35.6. The molecule has 4 heterocycles. The minimum atomic E-state index is 0.756. The van der Waals surface area contributed by atoms with Crippen LogP contribution in [0.4, 0.5) is 0 Å². The highest BCUT2D eigenvalue weighted by Gasteiger charge is 2.21. The number of rotatable bonds is 7. The fourth-order valence-electron chi connectivity index (χ4n) is 10.9. The van der Waals surface area contributed by atoms with Crippen LogP contribution in [0.2, 0.25) is 0 Å². The fourth-order valence-corrected chi connectivity index (χ4v) is 10.9. The van der Waals surface area contributed by atoms with Gasteiger partial charge in [-0.3, -0.25) is 0 Å². The summed E-state index contributed by atoms with van der Waals surface area (Å²) in [6.45, 7) is 2.22. The van der Waals surface area contributed by atoms with Crippen molar-refractivity contribution in [1.29, 1.82) is 0 Å². The summed E-state index contributed by atoms with van der Waals surface area (Å²) < 4.78 is 15.4. The van der Waals surface area contributed by atoms with Crippen LogP contribution in [0.3, 0.4) is 0 Å². The van der Waals surface area contributed by atoms with Crippen LogP contribution < -0.4 is 5.32 Å². The lowest BCUT2D eigenvalue weighted by molar-refractivity contribution is 0.668. The van der Waals surface area contributed by atoms with Gasteiger partial charge < -0.3 is 18.7 Å². The zero-order valence-corrected chi connectivity index (χ0v) is 39.4. The monoisotopic (exact) mass is 923 g/mol. The first-order valence-electron chi connectivity index (χ1n) is 24.6. The van der Waals surface area contributed by atoms with Gasteiger partial charge in [-0.15, -0.1) is 0 Å². The first kappa shape index (κ1) is 41.5. The van der Waals surface area contributed by atoms with Gasteiger partial charge in [0.1, 0.15) is 28.2 Å². The second kappa shape index (κ2) is 16.9. The van der Waals surface area contributed by atoms with Crippen LogP contribution in [-0.4, -0.2) is 10.4 Å². The topological polar surface area (TPSA) is 55.6 Å². The van der Waals surface area contributed by atoms with E-state index in [1.807, 2.05) is 24.3 Å². The van der Waals surface area contributed by atoms with E-state index in [1.165, 1.54) is 16.3 Å². The lowest BCUT2D eigenvalue weighted by Gasteiger charge is -2.21. The van der Waals surface area contributed by atoms with E-state index in [-0.39, 0.29) is 0 Å². The Kier molecular flexibility index (Phi) is 9.75. The maximum Gasteiger partial charge on any atom is 0.138 e. The molecule has 72 heavy (non-hydrogen) atoms. The van der Waals surface area contributed by atoms with E-state index in [9.17, 15) is 0 Å². The zero-order valence-electron chi connectivity index (χ0n) is 39.4. The summed E-state index contributed by atoms with van der Waals surface area (Å²) in [6, 6.07) is 81.9. The van der Waals surface area contributed by atoms with Crippen molar-refractivity contribution >= 4 is 82.9 Å². The van der Waals surface area contributed by atoms with Crippen molar-refractivity contribution in [3.63, 3.8) is 0 Å². The number of benzene rings is 10. The molecular weight excluding hydrogens is 879 g/mol. The van der Waals surface area contributed by atoms with E-state index in [0.717, 1.165) is 134 Å². The van der Waals surface area contributed by atoms with Crippen LogP contribution >= 0.6 is 0 Å². The largest absolute Gasteiger partial charge is 0.456 e. The molecule has 14 rings (SSSR count). The number of aliphatic imine (C=N–C) groups is 1. The third-order valence-corrected chi connectivity index (χ3v) is 14.4. The second-order valence-corrected chi connectivity index (χ2v) is 18.8. The molecular formula is C67H45N3O2. The average Bonchev–Trinajstić information content (AvgIpc) is 4.12. The van der Waals surface area contributed by atoms with Crippen molar-refractivity contribution < 1.29 is 8.83 Å². The van der Waals surface area contributed by atoms with Gasteiger partial charge in [0.2, 0.25) is 0 Å². The molecule has 0 spiro atoms. The molecule has 10 aromatic carbocycles. The molecule has 5 nitrogen and oxygen atoms in total. The molecule has 0 fully saturated rings. The molecule has 0 saturated heterocycles. The average molecular weight is 924 g/mol. The lowest BCUT2D eigenvalue weighted by atomic mass is 9.94. The highest BCUT2D eigenvalue weighted by molar-refractivity contribution is 6.17. The van der Waals surface area contributed by atoms with Crippen molar-refractivity contribution in [2.45, 2.75) is 13.3 Å². The zero-order chi connectivity index (χ0) is 47.7. The maximum atomic E-state index is 6.64. The van der Waals surface area contributed by atoms with Crippen LogP contribution in [0, 0.1) is 0 Å². The van der Waals surface area contributed by atoms with E-state index >= 15 is 0 Å². The van der Waals surface area contributed by atoms with Gasteiger partial charge in [0.25, 0.3) is 0 Å². The highest BCUT2D eigenvalue weighted by Crippen LogP contribution is 2.43. The first-order valence-corrected chi connectivity index (χ1v) is 24.6. The standard InChI is InChI=1S/C67H45N3O2/c1-42-30-34-57(43-16-5-2-6-17-43)68-67(44-18-7-3-8-19-44)69-66(42)49-21-13-20-47(38-49)51-25-14-29-63-65(51)56-40-46(33-37-61(56)72-63)45-31-35-58-54(39-45)55-41-48(32-36-59(55)70(58)50-22-9-4-10-23-50)52-26-15-28-62-64(52)53-24-11-12-27-60(53)71-62/h2-29,31-41H,30H2,1H3,(H,68,69)/b57-34+,66-42?. The third kappa shape index (κ3) is 6.97.